The number of aromatic hydroxyl groups is 1. The fraction of sp³-hybridized carbons (Fsp3) is 0.467. The van der Waals surface area contributed by atoms with Gasteiger partial charge in [0.05, 0.1) is 12.6 Å². The third kappa shape index (κ3) is 5.53. The molecule has 0 spiro atoms. The van der Waals surface area contributed by atoms with Gasteiger partial charge in [-0.2, -0.15) is 4.98 Å². The van der Waals surface area contributed by atoms with Crippen LogP contribution in [-0.2, 0) is 6.54 Å². The van der Waals surface area contributed by atoms with Gasteiger partial charge in [0.25, 0.3) is 0 Å². The van der Waals surface area contributed by atoms with Crippen molar-refractivity contribution in [3.63, 3.8) is 0 Å². The lowest BCUT2D eigenvalue weighted by Crippen LogP contribution is -2.20. The van der Waals surface area contributed by atoms with Crippen LogP contribution in [0.4, 0.5) is 0 Å². The Morgan fingerprint density at radius 1 is 1.29 bits per heavy atom. The molecule has 1 aromatic carbocycles. The normalized spacial score (nSPS) is 13.2. The molecule has 0 aliphatic carbocycles. The SMILES string of the molecule is CCC(C)C(N)c1noc(CN)n1.Cc1ccc(O)cc1. The van der Waals surface area contributed by atoms with E-state index in [0.717, 1.165) is 6.42 Å². The number of nitrogens with zero attached hydrogens (tertiary/aromatic N) is 2. The second-order valence-corrected chi connectivity index (χ2v) is 5.00. The first kappa shape index (κ1) is 17.1. The van der Waals surface area contributed by atoms with Crippen LogP contribution in [0.25, 0.3) is 0 Å². The van der Waals surface area contributed by atoms with Crippen LogP contribution in [0.1, 0.15) is 43.6 Å². The average molecular weight is 292 g/mol. The summed E-state index contributed by atoms with van der Waals surface area (Å²) >= 11 is 0. The van der Waals surface area contributed by atoms with Crippen molar-refractivity contribution < 1.29 is 9.63 Å². The molecular formula is C15H24N4O2. The number of phenols is 1. The minimum atomic E-state index is -0.158. The Labute approximate surface area is 125 Å². The lowest BCUT2D eigenvalue weighted by molar-refractivity contribution is 0.359. The van der Waals surface area contributed by atoms with Crippen LogP contribution >= 0.6 is 0 Å². The second-order valence-electron chi connectivity index (χ2n) is 5.00. The van der Waals surface area contributed by atoms with E-state index in [1.807, 2.05) is 19.1 Å². The van der Waals surface area contributed by atoms with Crippen LogP contribution in [0.15, 0.2) is 28.8 Å². The summed E-state index contributed by atoms with van der Waals surface area (Å²) in [7, 11) is 0. The van der Waals surface area contributed by atoms with E-state index in [1.165, 1.54) is 5.56 Å². The van der Waals surface area contributed by atoms with Gasteiger partial charge in [-0.3, -0.25) is 0 Å². The monoisotopic (exact) mass is 292 g/mol. The van der Waals surface area contributed by atoms with Crippen LogP contribution in [0, 0.1) is 12.8 Å². The van der Waals surface area contributed by atoms with Gasteiger partial charge in [-0.15, -0.1) is 0 Å². The molecule has 2 rings (SSSR count). The molecule has 5 N–H and O–H groups in total. The molecule has 116 valence electrons. The molecule has 0 amide bonds. The average Bonchev–Trinajstić information content (AvgIpc) is 2.98. The quantitative estimate of drug-likeness (QED) is 0.797. The molecular weight excluding hydrogens is 268 g/mol. The molecule has 0 aliphatic heterocycles. The summed E-state index contributed by atoms with van der Waals surface area (Å²) in [4.78, 5) is 4.07. The van der Waals surface area contributed by atoms with Crippen molar-refractivity contribution in [2.45, 2.75) is 39.8 Å². The minimum absolute atomic E-state index is 0.158. The van der Waals surface area contributed by atoms with Crippen molar-refractivity contribution in [2.75, 3.05) is 0 Å². The van der Waals surface area contributed by atoms with Crippen LogP contribution in [0.5, 0.6) is 5.75 Å². The molecule has 0 radical (unpaired) electrons. The van der Waals surface area contributed by atoms with Crippen molar-refractivity contribution in [2.24, 2.45) is 17.4 Å². The predicted octanol–water partition coefficient (Wildman–Crippen LogP) is 2.27. The third-order valence-electron chi connectivity index (χ3n) is 3.25. The Morgan fingerprint density at radius 2 is 1.90 bits per heavy atom. The Bertz CT molecular complexity index is 504. The second kappa shape index (κ2) is 8.39. The van der Waals surface area contributed by atoms with E-state index >= 15 is 0 Å². The summed E-state index contributed by atoms with van der Waals surface area (Å²) in [5, 5.41) is 12.5. The molecule has 0 fully saturated rings. The van der Waals surface area contributed by atoms with Gasteiger partial charge in [0, 0.05) is 0 Å². The predicted molar refractivity (Wildman–Crippen MR) is 81.4 cm³/mol. The summed E-state index contributed by atoms with van der Waals surface area (Å²) in [6, 6.07) is 6.93. The minimum Gasteiger partial charge on any atom is -0.508 e. The standard InChI is InChI=1S/C8H16N4O.C7H8O/c1-3-5(2)7(10)8-11-6(4-9)13-12-8;1-6-2-4-7(8)5-3-6/h5,7H,3-4,9-10H2,1-2H3;2-5,8H,1H3. The number of hydrogen-bond acceptors (Lipinski definition) is 6. The van der Waals surface area contributed by atoms with E-state index < -0.39 is 0 Å². The molecule has 1 heterocycles. The Hall–Kier alpha value is -1.92. The van der Waals surface area contributed by atoms with Gasteiger partial charge in [-0.1, -0.05) is 43.1 Å². The van der Waals surface area contributed by atoms with Gasteiger partial charge in [0.2, 0.25) is 5.89 Å². The number of aromatic nitrogens is 2. The molecule has 0 bridgehead atoms. The fourth-order valence-electron chi connectivity index (χ4n) is 1.54. The maximum absolute atomic E-state index is 8.76. The van der Waals surface area contributed by atoms with Crippen LogP contribution in [-0.4, -0.2) is 15.2 Å². The van der Waals surface area contributed by atoms with E-state index in [2.05, 4.69) is 24.0 Å². The Kier molecular flexibility index (Phi) is 6.84. The summed E-state index contributed by atoms with van der Waals surface area (Å²) in [5.74, 6) is 1.67. The smallest absolute Gasteiger partial charge is 0.240 e. The first-order valence-corrected chi connectivity index (χ1v) is 7.01. The maximum atomic E-state index is 8.76. The zero-order valence-corrected chi connectivity index (χ0v) is 12.8. The molecule has 2 atom stereocenters. The summed E-state index contributed by atoms with van der Waals surface area (Å²) < 4.78 is 4.86. The highest BCUT2D eigenvalue weighted by atomic mass is 16.5. The fourth-order valence-corrected chi connectivity index (χ4v) is 1.54. The summed E-state index contributed by atoms with van der Waals surface area (Å²) in [6.07, 6.45) is 0.994. The summed E-state index contributed by atoms with van der Waals surface area (Å²) in [6.45, 7) is 6.39. The number of nitrogens with two attached hydrogens (primary N) is 2. The van der Waals surface area contributed by atoms with E-state index in [4.69, 9.17) is 21.1 Å². The lowest BCUT2D eigenvalue weighted by atomic mass is 10.00. The summed E-state index contributed by atoms with van der Waals surface area (Å²) in [5.41, 5.74) is 12.4. The van der Waals surface area contributed by atoms with Gasteiger partial charge in [0.15, 0.2) is 5.82 Å². The van der Waals surface area contributed by atoms with E-state index in [9.17, 15) is 0 Å². The van der Waals surface area contributed by atoms with Crippen molar-refractivity contribution in [3.05, 3.63) is 41.5 Å². The highest BCUT2D eigenvalue weighted by Gasteiger charge is 2.18. The molecule has 2 aromatic rings. The van der Waals surface area contributed by atoms with Crippen molar-refractivity contribution in [3.8, 4) is 5.75 Å². The molecule has 6 nitrogen and oxygen atoms in total. The van der Waals surface area contributed by atoms with Gasteiger partial charge >= 0.3 is 0 Å². The molecule has 6 heteroatoms. The van der Waals surface area contributed by atoms with Crippen molar-refractivity contribution in [1.82, 2.24) is 10.1 Å². The Morgan fingerprint density at radius 3 is 2.33 bits per heavy atom. The van der Waals surface area contributed by atoms with E-state index in [1.54, 1.807) is 12.1 Å². The molecule has 2 unspecified atom stereocenters. The lowest BCUT2D eigenvalue weighted by Gasteiger charge is -2.13. The molecule has 0 saturated carbocycles. The molecule has 0 aliphatic rings. The van der Waals surface area contributed by atoms with Crippen molar-refractivity contribution >= 4 is 0 Å². The highest BCUT2D eigenvalue weighted by Crippen LogP contribution is 2.18. The first-order chi connectivity index (χ1) is 9.97. The van der Waals surface area contributed by atoms with E-state index in [-0.39, 0.29) is 12.6 Å². The number of aryl methyl sites for hydroxylation is 1. The first-order valence-electron chi connectivity index (χ1n) is 7.01. The zero-order chi connectivity index (χ0) is 15.8. The number of benzene rings is 1. The number of hydrogen-bond donors (Lipinski definition) is 3. The maximum Gasteiger partial charge on any atom is 0.240 e. The highest BCUT2D eigenvalue weighted by molar-refractivity contribution is 5.24. The van der Waals surface area contributed by atoms with Crippen LogP contribution < -0.4 is 11.5 Å². The van der Waals surface area contributed by atoms with Gasteiger partial charge in [-0.25, -0.2) is 0 Å². The van der Waals surface area contributed by atoms with Gasteiger partial charge in [-0.05, 0) is 25.0 Å². The molecule has 0 saturated heterocycles. The largest absolute Gasteiger partial charge is 0.508 e. The number of rotatable bonds is 4. The van der Waals surface area contributed by atoms with E-state index in [0.29, 0.717) is 23.4 Å². The molecule has 21 heavy (non-hydrogen) atoms. The topological polar surface area (TPSA) is 111 Å². The number of phenolic OH excluding ortho intramolecular Hbond substituents is 1. The van der Waals surface area contributed by atoms with Gasteiger partial charge in [0.1, 0.15) is 5.75 Å². The molecule has 1 aromatic heterocycles. The third-order valence-corrected chi connectivity index (χ3v) is 3.25. The zero-order valence-electron chi connectivity index (χ0n) is 12.8. The van der Waals surface area contributed by atoms with Crippen molar-refractivity contribution in [1.29, 1.82) is 0 Å². The van der Waals surface area contributed by atoms with Gasteiger partial charge < -0.3 is 21.1 Å². The van der Waals surface area contributed by atoms with Crippen LogP contribution in [0.2, 0.25) is 0 Å². The Balaban J connectivity index is 0.000000235. The van der Waals surface area contributed by atoms with Crippen LogP contribution in [0.3, 0.4) is 0 Å².